The number of hydrogen-bond donors (Lipinski definition) is 0. The number of rotatable bonds is 3. The van der Waals surface area contributed by atoms with Gasteiger partial charge >= 0.3 is 0 Å². The van der Waals surface area contributed by atoms with Gasteiger partial charge in [-0.15, -0.1) is 10.2 Å². The summed E-state index contributed by atoms with van der Waals surface area (Å²) in [6, 6.07) is 5.13. The Hall–Kier alpha value is -1.44. The van der Waals surface area contributed by atoms with Crippen molar-refractivity contribution in [2.24, 2.45) is 0 Å². The molecule has 8 heteroatoms. The zero-order valence-electron chi connectivity index (χ0n) is 13.1. The van der Waals surface area contributed by atoms with Crippen LogP contribution in [0.2, 0.25) is 5.02 Å². The molecule has 0 spiro atoms. The van der Waals surface area contributed by atoms with Gasteiger partial charge in [-0.2, -0.15) is 4.31 Å². The summed E-state index contributed by atoms with van der Waals surface area (Å²) in [6.45, 7) is 4.72. The van der Waals surface area contributed by atoms with E-state index in [2.05, 4.69) is 10.2 Å². The zero-order valence-corrected chi connectivity index (χ0v) is 14.7. The summed E-state index contributed by atoms with van der Waals surface area (Å²) < 4.78 is 29.0. The van der Waals surface area contributed by atoms with E-state index >= 15 is 0 Å². The highest BCUT2D eigenvalue weighted by Gasteiger charge is 2.30. The van der Waals surface area contributed by atoms with Crippen LogP contribution < -0.4 is 0 Å². The molecule has 1 aromatic carbocycles. The van der Waals surface area contributed by atoms with E-state index in [-0.39, 0.29) is 10.9 Å². The van der Waals surface area contributed by atoms with Gasteiger partial charge in [0, 0.05) is 24.2 Å². The quantitative estimate of drug-likeness (QED) is 0.849. The highest BCUT2D eigenvalue weighted by atomic mass is 35.5. The standard InChI is InChI=1S/C15H19ClN4O2S/c1-11-3-4-14(9-15(11)16)23(21,22)19-7-5-13(6-8-19)20-10-17-18-12(20)2/h3-4,9-10,13H,5-8H2,1-2H3. The second-order valence-electron chi connectivity index (χ2n) is 5.83. The third-order valence-electron chi connectivity index (χ3n) is 4.35. The van der Waals surface area contributed by atoms with Crippen LogP contribution >= 0.6 is 11.6 Å². The van der Waals surface area contributed by atoms with Crippen LogP contribution in [-0.4, -0.2) is 40.6 Å². The predicted octanol–water partition coefficient (Wildman–Crippen LogP) is 2.57. The Balaban J connectivity index is 1.76. The Labute approximate surface area is 141 Å². The second-order valence-corrected chi connectivity index (χ2v) is 8.18. The van der Waals surface area contributed by atoms with Gasteiger partial charge in [-0.3, -0.25) is 0 Å². The van der Waals surface area contributed by atoms with Crippen LogP contribution in [0.3, 0.4) is 0 Å². The number of benzene rings is 1. The molecule has 0 atom stereocenters. The summed E-state index contributed by atoms with van der Waals surface area (Å²) in [5, 5.41) is 8.36. The number of aromatic nitrogens is 3. The van der Waals surface area contributed by atoms with Crippen LogP contribution in [-0.2, 0) is 10.0 Å². The fraction of sp³-hybridized carbons (Fsp3) is 0.467. The maximum atomic E-state index is 12.7. The van der Waals surface area contributed by atoms with E-state index in [1.54, 1.807) is 18.5 Å². The minimum atomic E-state index is -3.50. The third kappa shape index (κ3) is 3.13. The van der Waals surface area contributed by atoms with Crippen LogP contribution in [0.4, 0.5) is 0 Å². The molecule has 0 saturated carbocycles. The van der Waals surface area contributed by atoms with E-state index in [0.29, 0.717) is 18.1 Å². The van der Waals surface area contributed by atoms with Gasteiger partial charge < -0.3 is 4.57 Å². The molecule has 0 radical (unpaired) electrons. The molecule has 1 aliphatic rings. The maximum absolute atomic E-state index is 12.7. The first-order valence-corrected chi connectivity index (χ1v) is 9.34. The Morgan fingerprint density at radius 3 is 2.48 bits per heavy atom. The molecule has 1 saturated heterocycles. The van der Waals surface area contributed by atoms with E-state index in [0.717, 1.165) is 24.2 Å². The lowest BCUT2D eigenvalue weighted by Crippen LogP contribution is -2.39. The lowest BCUT2D eigenvalue weighted by Gasteiger charge is -2.32. The number of nitrogens with zero attached hydrogens (tertiary/aromatic N) is 4. The first-order valence-electron chi connectivity index (χ1n) is 7.52. The van der Waals surface area contributed by atoms with Gasteiger partial charge in [0.25, 0.3) is 0 Å². The lowest BCUT2D eigenvalue weighted by atomic mass is 10.1. The van der Waals surface area contributed by atoms with Crippen molar-refractivity contribution in [2.45, 2.75) is 37.6 Å². The van der Waals surface area contributed by atoms with Gasteiger partial charge in [0.1, 0.15) is 12.2 Å². The fourth-order valence-electron chi connectivity index (χ4n) is 2.90. The fourth-order valence-corrected chi connectivity index (χ4v) is 4.64. The van der Waals surface area contributed by atoms with Gasteiger partial charge in [0.05, 0.1) is 4.90 Å². The van der Waals surface area contributed by atoms with Gasteiger partial charge in [-0.05, 0) is 44.4 Å². The van der Waals surface area contributed by atoms with Crippen molar-refractivity contribution >= 4 is 21.6 Å². The molecule has 1 aliphatic heterocycles. The average Bonchev–Trinajstić information content (AvgIpc) is 2.96. The van der Waals surface area contributed by atoms with Gasteiger partial charge in [0.15, 0.2) is 0 Å². The molecule has 0 amide bonds. The molecule has 1 fully saturated rings. The van der Waals surface area contributed by atoms with E-state index in [1.165, 1.54) is 10.4 Å². The number of halogens is 1. The highest BCUT2D eigenvalue weighted by Crippen LogP contribution is 2.28. The Bertz CT molecular complexity index is 811. The monoisotopic (exact) mass is 354 g/mol. The summed E-state index contributed by atoms with van der Waals surface area (Å²) in [5.41, 5.74) is 0.868. The van der Waals surface area contributed by atoms with E-state index < -0.39 is 10.0 Å². The topological polar surface area (TPSA) is 68.1 Å². The Morgan fingerprint density at radius 2 is 1.91 bits per heavy atom. The average molecular weight is 355 g/mol. The zero-order chi connectivity index (χ0) is 16.6. The Morgan fingerprint density at radius 1 is 1.22 bits per heavy atom. The van der Waals surface area contributed by atoms with Crippen molar-refractivity contribution in [3.05, 3.63) is 40.9 Å². The van der Waals surface area contributed by atoms with Crippen molar-refractivity contribution in [2.75, 3.05) is 13.1 Å². The molecule has 23 heavy (non-hydrogen) atoms. The second kappa shape index (κ2) is 6.22. The normalized spacial score (nSPS) is 17.5. The molecule has 0 unspecified atom stereocenters. The van der Waals surface area contributed by atoms with Gasteiger partial charge in [-0.25, -0.2) is 8.42 Å². The highest BCUT2D eigenvalue weighted by molar-refractivity contribution is 7.89. The molecular weight excluding hydrogens is 336 g/mol. The van der Waals surface area contributed by atoms with Gasteiger partial charge in [-0.1, -0.05) is 17.7 Å². The van der Waals surface area contributed by atoms with Crippen molar-refractivity contribution < 1.29 is 8.42 Å². The maximum Gasteiger partial charge on any atom is 0.243 e. The molecule has 2 aromatic rings. The van der Waals surface area contributed by atoms with E-state index in [9.17, 15) is 8.42 Å². The number of piperidine rings is 1. The molecule has 0 N–H and O–H groups in total. The molecule has 0 aliphatic carbocycles. The van der Waals surface area contributed by atoms with Crippen molar-refractivity contribution in [3.63, 3.8) is 0 Å². The van der Waals surface area contributed by atoms with Crippen LogP contribution in [0.25, 0.3) is 0 Å². The summed E-state index contributed by atoms with van der Waals surface area (Å²) in [4.78, 5) is 0.257. The Kier molecular flexibility index (Phi) is 4.44. The van der Waals surface area contributed by atoms with Crippen LogP contribution in [0.1, 0.15) is 30.3 Å². The smallest absolute Gasteiger partial charge is 0.243 e. The molecule has 124 valence electrons. The van der Waals surface area contributed by atoms with Crippen molar-refractivity contribution in [1.29, 1.82) is 0 Å². The van der Waals surface area contributed by atoms with Crippen molar-refractivity contribution in [1.82, 2.24) is 19.1 Å². The lowest BCUT2D eigenvalue weighted by molar-refractivity contribution is 0.271. The first-order chi connectivity index (χ1) is 10.9. The van der Waals surface area contributed by atoms with E-state index in [4.69, 9.17) is 11.6 Å². The van der Waals surface area contributed by atoms with Crippen LogP contribution in [0.5, 0.6) is 0 Å². The van der Waals surface area contributed by atoms with Gasteiger partial charge in [0.2, 0.25) is 10.0 Å². The molecular formula is C15H19ClN4O2S. The van der Waals surface area contributed by atoms with Crippen LogP contribution in [0.15, 0.2) is 29.4 Å². The minimum Gasteiger partial charge on any atom is -0.315 e. The summed E-state index contributed by atoms with van der Waals surface area (Å²) in [6.07, 6.45) is 3.21. The summed E-state index contributed by atoms with van der Waals surface area (Å²) in [5.74, 6) is 0.858. The molecule has 1 aromatic heterocycles. The number of aryl methyl sites for hydroxylation is 2. The molecule has 3 rings (SSSR count). The SMILES string of the molecule is Cc1ccc(S(=O)(=O)N2CCC(n3cnnc3C)CC2)cc1Cl. The number of hydrogen-bond acceptors (Lipinski definition) is 4. The minimum absolute atomic E-state index is 0.248. The predicted molar refractivity (Wildman–Crippen MR) is 88.0 cm³/mol. The number of sulfonamides is 1. The third-order valence-corrected chi connectivity index (χ3v) is 6.65. The largest absolute Gasteiger partial charge is 0.315 e. The molecule has 2 heterocycles. The van der Waals surface area contributed by atoms with E-state index in [1.807, 2.05) is 18.4 Å². The van der Waals surface area contributed by atoms with Crippen molar-refractivity contribution in [3.8, 4) is 0 Å². The van der Waals surface area contributed by atoms with Crippen LogP contribution in [0, 0.1) is 13.8 Å². The first kappa shape index (κ1) is 16.4. The molecule has 6 nitrogen and oxygen atoms in total. The summed E-state index contributed by atoms with van der Waals surface area (Å²) >= 11 is 6.07. The summed E-state index contributed by atoms with van der Waals surface area (Å²) in [7, 11) is -3.50. The molecule has 0 bridgehead atoms.